The largest absolute Gasteiger partial charge is 0.598 e. The monoisotopic (exact) mass is 651 g/mol. The zero-order valence-corrected chi connectivity index (χ0v) is 26.8. The zero-order chi connectivity index (χ0) is 27.3. The molecule has 200 valence electrons. The molecule has 10 heteroatoms. The number of nitrogens with two attached hydrogens (primary N) is 1. The van der Waals surface area contributed by atoms with Gasteiger partial charge in [0, 0.05) is 42.5 Å². The summed E-state index contributed by atoms with van der Waals surface area (Å²) in [5.41, 5.74) is 12.9. The number of aromatic nitrogens is 2. The van der Waals surface area contributed by atoms with Crippen LogP contribution in [0.4, 0.5) is 11.8 Å². The third-order valence-corrected chi connectivity index (χ3v) is 10.7. The minimum absolute atomic E-state index is 0.0118. The van der Waals surface area contributed by atoms with Crippen molar-refractivity contribution in [3.63, 3.8) is 0 Å². The Bertz CT molecular complexity index is 1310. The van der Waals surface area contributed by atoms with Gasteiger partial charge < -0.3 is 15.2 Å². The molecule has 4 rings (SSSR count). The number of hydrogen-bond donors (Lipinski definition) is 2. The molecule has 1 aromatic heterocycles. The first-order valence-electron chi connectivity index (χ1n) is 12.7. The van der Waals surface area contributed by atoms with Crippen LogP contribution < -0.4 is 20.9 Å². The predicted molar refractivity (Wildman–Crippen MR) is 165 cm³/mol. The summed E-state index contributed by atoms with van der Waals surface area (Å²) in [7, 11) is 0.276. The molecular formula is C27H38IN5O2SSi. The van der Waals surface area contributed by atoms with Gasteiger partial charge in [-0.1, -0.05) is 31.6 Å². The Hall–Kier alpha value is -1.52. The van der Waals surface area contributed by atoms with Crippen molar-refractivity contribution in [2.45, 2.75) is 70.5 Å². The van der Waals surface area contributed by atoms with Crippen LogP contribution in [0.15, 0.2) is 23.0 Å². The molecule has 1 spiro atoms. The van der Waals surface area contributed by atoms with E-state index >= 15 is 0 Å². The lowest BCUT2D eigenvalue weighted by Crippen LogP contribution is -2.50. The summed E-state index contributed by atoms with van der Waals surface area (Å²) in [6, 6.07) is 6.53. The van der Waals surface area contributed by atoms with Gasteiger partial charge in [-0.05, 0) is 85.9 Å². The first-order chi connectivity index (χ1) is 17.1. The molecule has 1 fully saturated rings. The molecule has 1 aliphatic carbocycles. The van der Waals surface area contributed by atoms with Crippen molar-refractivity contribution in [2.24, 2.45) is 12.5 Å². The number of rotatable bonds is 3. The Morgan fingerprint density at radius 3 is 2.51 bits per heavy atom. The molecule has 7 nitrogen and oxygen atoms in total. The van der Waals surface area contributed by atoms with E-state index in [1.807, 2.05) is 43.4 Å². The lowest BCUT2D eigenvalue weighted by Gasteiger charge is -2.44. The molecule has 2 aliphatic rings. The highest BCUT2D eigenvalue weighted by atomic mass is 127. The van der Waals surface area contributed by atoms with Crippen LogP contribution >= 0.6 is 22.6 Å². The van der Waals surface area contributed by atoms with Crippen LogP contribution in [0.2, 0.25) is 19.6 Å². The van der Waals surface area contributed by atoms with Gasteiger partial charge in [0.15, 0.2) is 0 Å². The van der Waals surface area contributed by atoms with Crippen LogP contribution in [0, 0.1) is 20.4 Å². The molecule has 2 atom stereocenters. The Balaban J connectivity index is 1.66. The van der Waals surface area contributed by atoms with Gasteiger partial charge >= 0.3 is 0 Å². The third kappa shape index (κ3) is 5.90. The fraction of sp³-hybridized carbons (Fsp3) is 0.556. The molecule has 2 heterocycles. The van der Waals surface area contributed by atoms with Gasteiger partial charge in [-0.2, -0.15) is 4.98 Å². The van der Waals surface area contributed by atoms with Gasteiger partial charge in [-0.15, -0.1) is 10.3 Å². The number of anilines is 2. The van der Waals surface area contributed by atoms with Gasteiger partial charge in [0.1, 0.15) is 22.2 Å². The standard InChI is InChI=1S/C27H38IN5O2SSi/c1-26(2,3)36(35)31-22-20-9-8-18(10-15-37(5,6)7)16-19(20)17-27(22)11-13-33(14-12-27)25-30-23(29)21(28)24(34)32(25)4/h8-9,16,22,31H,11-14,17,29H2,1-7H3/t22-,36?/m1/s1. The van der Waals surface area contributed by atoms with E-state index in [4.69, 9.17) is 5.73 Å². The number of halogens is 1. The molecule has 1 aliphatic heterocycles. The second kappa shape index (κ2) is 10.2. The van der Waals surface area contributed by atoms with Gasteiger partial charge in [0.25, 0.3) is 5.56 Å². The van der Waals surface area contributed by atoms with Crippen molar-refractivity contribution in [2.75, 3.05) is 23.7 Å². The zero-order valence-electron chi connectivity index (χ0n) is 22.9. The number of hydrogen-bond acceptors (Lipinski definition) is 6. The number of nitrogens with one attached hydrogen (secondary N) is 1. The minimum Gasteiger partial charge on any atom is -0.598 e. The first kappa shape index (κ1) is 28.5. The maximum Gasteiger partial charge on any atom is 0.270 e. The Labute approximate surface area is 238 Å². The second-order valence-electron chi connectivity index (χ2n) is 12.3. The Morgan fingerprint density at radius 2 is 1.92 bits per heavy atom. The third-order valence-electron chi connectivity index (χ3n) is 7.25. The molecule has 0 bridgehead atoms. The minimum atomic E-state index is -1.48. The van der Waals surface area contributed by atoms with Crippen LogP contribution in [0.1, 0.15) is 56.3 Å². The maximum atomic E-state index is 13.3. The first-order valence-corrected chi connectivity index (χ1v) is 18.5. The maximum absolute atomic E-state index is 13.3. The van der Waals surface area contributed by atoms with Crippen molar-refractivity contribution in [1.29, 1.82) is 0 Å². The highest BCUT2D eigenvalue weighted by Gasteiger charge is 2.50. The van der Waals surface area contributed by atoms with Gasteiger partial charge in [-0.25, -0.2) is 0 Å². The van der Waals surface area contributed by atoms with E-state index in [1.54, 1.807) is 11.6 Å². The van der Waals surface area contributed by atoms with Crippen molar-refractivity contribution in [1.82, 2.24) is 14.3 Å². The molecule has 3 N–H and O–H groups in total. The van der Waals surface area contributed by atoms with Crippen molar-refractivity contribution >= 4 is 53.8 Å². The van der Waals surface area contributed by atoms with Crippen molar-refractivity contribution in [3.8, 4) is 11.5 Å². The molecule has 1 unspecified atom stereocenters. The molecule has 0 amide bonds. The number of nitrogen functional groups attached to an aromatic ring is 1. The Kier molecular flexibility index (Phi) is 7.87. The van der Waals surface area contributed by atoms with Gasteiger partial charge in [-0.3, -0.25) is 9.36 Å². The lowest BCUT2D eigenvalue weighted by molar-refractivity contribution is 0.175. The second-order valence-corrected chi connectivity index (χ2v) is 20.2. The highest BCUT2D eigenvalue weighted by molar-refractivity contribution is 14.1. The van der Waals surface area contributed by atoms with E-state index in [0.717, 1.165) is 37.9 Å². The van der Waals surface area contributed by atoms with Gasteiger partial charge in [0.2, 0.25) is 5.95 Å². The van der Waals surface area contributed by atoms with Crippen molar-refractivity contribution in [3.05, 3.63) is 48.8 Å². The van der Waals surface area contributed by atoms with E-state index in [1.165, 1.54) is 11.1 Å². The SMILES string of the molecule is Cn1c(N2CCC3(CC2)Cc2cc(C#C[Si](C)(C)C)ccc2[C@H]3N[S+]([O-])C(C)(C)C)nc(N)c(I)c1=O. The molecular weight excluding hydrogens is 613 g/mol. The van der Waals surface area contributed by atoms with E-state index in [-0.39, 0.29) is 27.6 Å². The Morgan fingerprint density at radius 1 is 1.27 bits per heavy atom. The van der Waals surface area contributed by atoms with E-state index in [2.05, 4.69) is 63.9 Å². The molecule has 1 saturated heterocycles. The van der Waals surface area contributed by atoms with Crippen LogP contribution in [-0.2, 0) is 24.8 Å². The number of benzene rings is 1. The molecule has 2 aromatic rings. The summed E-state index contributed by atoms with van der Waals surface area (Å²) >= 11 is 0.756. The summed E-state index contributed by atoms with van der Waals surface area (Å²) in [6.07, 6.45) is 2.69. The number of fused-ring (bicyclic) bond motifs is 1. The normalized spacial score (nSPS) is 19.9. The van der Waals surface area contributed by atoms with Crippen molar-refractivity contribution < 1.29 is 4.55 Å². The van der Waals surface area contributed by atoms with Gasteiger partial charge in [0.05, 0.1) is 6.04 Å². The number of nitrogens with zero attached hydrogens (tertiary/aromatic N) is 3. The average Bonchev–Trinajstić information content (AvgIpc) is 3.10. The number of piperidine rings is 1. The van der Waals surface area contributed by atoms with Crippen LogP contribution in [0.25, 0.3) is 0 Å². The summed E-state index contributed by atoms with van der Waals surface area (Å²) in [6.45, 7) is 14.3. The summed E-state index contributed by atoms with van der Waals surface area (Å²) in [5.74, 6) is 4.29. The van der Waals surface area contributed by atoms with E-state index in [0.29, 0.717) is 9.52 Å². The van der Waals surface area contributed by atoms with Crippen LogP contribution in [-0.4, -0.2) is 40.0 Å². The summed E-state index contributed by atoms with van der Waals surface area (Å²) in [5, 5.41) is 0. The smallest absolute Gasteiger partial charge is 0.270 e. The summed E-state index contributed by atoms with van der Waals surface area (Å²) in [4.78, 5) is 19.3. The summed E-state index contributed by atoms with van der Waals surface area (Å²) < 4.78 is 18.5. The van der Waals surface area contributed by atoms with E-state index < -0.39 is 19.4 Å². The van der Waals surface area contributed by atoms with Crippen LogP contribution in [0.5, 0.6) is 0 Å². The lowest BCUT2D eigenvalue weighted by atomic mass is 9.73. The molecule has 1 aromatic carbocycles. The predicted octanol–water partition coefficient (Wildman–Crippen LogP) is 4.13. The fourth-order valence-corrected chi connectivity index (χ4v) is 7.09. The molecule has 37 heavy (non-hydrogen) atoms. The highest BCUT2D eigenvalue weighted by Crippen LogP contribution is 2.53. The fourth-order valence-electron chi connectivity index (χ4n) is 5.14. The molecule has 0 radical (unpaired) electrons. The average molecular weight is 652 g/mol. The topological polar surface area (TPSA) is 99.2 Å². The van der Waals surface area contributed by atoms with Crippen LogP contribution in [0.3, 0.4) is 0 Å². The molecule has 0 saturated carbocycles. The van der Waals surface area contributed by atoms with E-state index in [9.17, 15) is 9.35 Å². The quantitative estimate of drug-likeness (QED) is 0.224.